The van der Waals surface area contributed by atoms with E-state index in [0.29, 0.717) is 11.1 Å². The number of hydrogen-bond donors (Lipinski definition) is 8. The summed E-state index contributed by atoms with van der Waals surface area (Å²) in [5.74, 6) is -4.84. The second kappa shape index (κ2) is 16.2. The number of carbonyl (C=O) groups is 4. The van der Waals surface area contributed by atoms with Gasteiger partial charge in [-0.05, 0) is 49.2 Å². The molecule has 6 atom stereocenters. The van der Waals surface area contributed by atoms with E-state index >= 15 is 0 Å². The summed E-state index contributed by atoms with van der Waals surface area (Å²) in [6, 6.07) is 5.77. The molecule has 2 rings (SSSR count). The highest BCUT2D eigenvalue weighted by atomic mass is 19.1. The molecule has 14 heteroatoms. The molecule has 0 aromatic heterocycles. The van der Waals surface area contributed by atoms with Gasteiger partial charge in [0.1, 0.15) is 35.8 Å². The molecule has 0 heterocycles. The molecule has 0 bridgehead atoms. The van der Waals surface area contributed by atoms with E-state index in [1.807, 2.05) is 0 Å². The zero-order valence-corrected chi connectivity index (χ0v) is 21.8. The summed E-state index contributed by atoms with van der Waals surface area (Å²) in [5.41, 5.74) is 12.0. The number of carboxylic acids is 2. The molecule has 0 fully saturated rings. The van der Waals surface area contributed by atoms with Crippen LogP contribution in [0.3, 0.4) is 0 Å². The Kier molecular flexibility index (Phi) is 13.8. The molecular weight excluding hydrogens is 534 g/mol. The molecule has 0 unspecified atom stereocenters. The first-order valence-corrected chi connectivity index (χ1v) is 12.0. The van der Waals surface area contributed by atoms with Crippen molar-refractivity contribution in [2.24, 2.45) is 11.5 Å². The average Bonchev–Trinajstić information content (AvgIpc) is 2.89. The van der Waals surface area contributed by atoms with E-state index in [0.717, 1.165) is 0 Å². The molecule has 0 saturated carbocycles. The van der Waals surface area contributed by atoms with Gasteiger partial charge in [-0.2, -0.15) is 0 Å². The molecule has 2 amide bonds. The molecule has 0 aliphatic carbocycles. The average molecular weight is 569 g/mol. The summed E-state index contributed by atoms with van der Waals surface area (Å²) in [7, 11) is 0. The summed E-state index contributed by atoms with van der Waals surface area (Å²) in [5, 5.41) is 41.0. The van der Waals surface area contributed by atoms with E-state index < -0.39 is 71.8 Å². The van der Waals surface area contributed by atoms with Crippen LogP contribution in [0.2, 0.25) is 0 Å². The van der Waals surface area contributed by atoms with Gasteiger partial charge in [-0.15, -0.1) is 0 Å². The van der Waals surface area contributed by atoms with Crippen LogP contribution in [0.4, 0.5) is 8.78 Å². The van der Waals surface area contributed by atoms with Crippen molar-refractivity contribution in [3.05, 3.63) is 71.3 Å². The molecule has 40 heavy (non-hydrogen) atoms. The van der Waals surface area contributed by atoms with Crippen LogP contribution in [0.25, 0.3) is 0 Å². The summed E-state index contributed by atoms with van der Waals surface area (Å²) in [4.78, 5) is 45.5. The van der Waals surface area contributed by atoms with Crippen LogP contribution in [-0.2, 0) is 32.0 Å². The lowest BCUT2D eigenvalue weighted by molar-refractivity contribution is -0.142. The Labute approximate surface area is 229 Å². The Balaban J connectivity index is 0.000000400. The van der Waals surface area contributed by atoms with Crippen molar-refractivity contribution in [3.63, 3.8) is 0 Å². The Morgan fingerprint density at radius 3 is 1.18 bits per heavy atom. The van der Waals surface area contributed by atoms with Gasteiger partial charge >= 0.3 is 11.9 Å². The second-order valence-corrected chi connectivity index (χ2v) is 8.99. The van der Waals surface area contributed by atoms with E-state index in [4.69, 9.17) is 21.7 Å². The number of amides is 2. The van der Waals surface area contributed by atoms with Crippen molar-refractivity contribution in [2.45, 2.75) is 63.1 Å². The molecule has 12 nitrogen and oxygen atoms in total. The first-order chi connectivity index (χ1) is 18.6. The number of halogens is 2. The van der Waals surface area contributed by atoms with Gasteiger partial charge in [-0.25, -0.2) is 18.4 Å². The minimum absolute atomic E-state index is 0.00607. The molecule has 2 aromatic rings. The molecule has 0 saturated heterocycles. The first kappa shape index (κ1) is 34.0. The third kappa shape index (κ3) is 11.8. The summed E-state index contributed by atoms with van der Waals surface area (Å²) in [6.07, 6.45) is -2.19. The number of nitrogens with one attached hydrogen (secondary N) is 2. The largest absolute Gasteiger partial charge is 0.480 e. The predicted octanol–water partition coefficient (Wildman–Crippen LogP) is -0.709. The Bertz CT molecular complexity index is 1040. The van der Waals surface area contributed by atoms with Gasteiger partial charge in [0.2, 0.25) is 11.8 Å². The van der Waals surface area contributed by atoms with Crippen LogP contribution >= 0.6 is 0 Å². The van der Waals surface area contributed by atoms with Gasteiger partial charge in [-0.3, -0.25) is 9.59 Å². The van der Waals surface area contributed by atoms with E-state index in [1.165, 1.54) is 62.4 Å². The van der Waals surface area contributed by atoms with Gasteiger partial charge < -0.3 is 42.5 Å². The monoisotopic (exact) mass is 568 g/mol. The number of aliphatic hydroxyl groups excluding tert-OH is 2. The zero-order valence-electron chi connectivity index (χ0n) is 21.8. The number of hydrogen-bond acceptors (Lipinski definition) is 8. The topological polar surface area (TPSA) is 225 Å². The maximum Gasteiger partial charge on any atom is 0.326 e. The Morgan fingerprint density at radius 1 is 0.675 bits per heavy atom. The number of aliphatic carboxylic acids is 2. The van der Waals surface area contributed by atoms with E-state index in [2.05, 4.69) is 10.6 Å². The molecule has 0 spiro atoms. The first-order valence-electron chi connectivity index (χ1n) is 12.0. The summed E-state index contributed by atoms with van der Waals surface area (Å²) in [6.45, 7) is 2.67. The summed E-state index contributed by atoms with van der Waals surface area (Å²) >= 11 is 0. The highest BCUT2D eigenvalue weighted by Crippen LogP contribution is 2.08. The Hall–Kier alpha value is -3.98. The molecular formula is C26H34F2N4O8. The number of nitrogens with two attached hydrogens (primary N) is 2. The minimum Gasteiger partial charge on any atom is -0.480 e. The molecule has 10 N–H and O–H groups in total. The lowest BCUT2D eigenvalue weighted by Gasteiger charge is -2.19. The fourth-order valence-corrected chi connectivity index (χ4v) is 3.09. The van der Waals surface area contributed by atoms with Gasteiger partial charge in [0.05, 0.1) is 12.2 Å². The number of rotatable bonds is 12. The lowest BCUT2D eigenvalue weighted by Crippen LogP contribution is -2.52. The SMILES string of the molecule is C[C@@H](O)[C@H](N)C(=O)N[C@@H](Cc1ccc(F)cc1)C(=O)O.C[C@@H](O)[C@H](N)C(=O)N[C@H](Cc1ccc(F)cc1)C(=O)O. The maximum absolute atomic E-state index is 12.8. The van der Waals surface area contributed by atoms with E-state index in [-0.39, 0.29) is 12.8 Å². The smallest absolute Gasteiger partial charge is 0.326 e. The normalized spacial score (nSPS) is 15.2. The molecule has 220 valence electrons. The van der Waals surface area contributed by atoms with Crippen molar-refractivity contribution in [1.82, 2.24) is 10.6 Å². The van der Waals surface area contributed by atoms with Crippen LogP contribution in [0, 0.1) is 11.6 Å². The number of aliphatic hydroxyl groups is 2. The van der Waals surface area contributed by atoms with Crippen molar-refractivity contribution in [3.8, 4) is 0 Å². The fourth-order valence-electron chi connectivity index (χ4n) is 3.09. The summed E-state index contributed by atoms with van der Waals surface area (Å²) < 4.78 is 25.5. The van der Waals surface area contributed by atoms with Crippen LogP contribution < -0.4 is 22.1 Å². The molecule has 2 aromatic carbocycles. The van der Waals surface area contributed by atoms with Gasteiger partial charge in [-0.1, -0.05) is 24.3 Å². The van der Waals surface area contributed by atoms with E-state index in [1.54, 1.807) is 0 Å². The van der Waals surface area contributed by atoms with Crippen LogP contribution in [0.5, 0.6) is 0 Å². The zero-order chi connectivity index (χ0) is 30.6. The van der Waals surface area contributed by atoms with Crippen LogP contribution in [-0.4, -0.2) is 80.6 Å². The quantitative estimate of drug-likeness (QED) is 0.160. The lowest BCUT2D eigenvalue weighted by atomic mass is 10.0. The Morgan fingerprint density at radius 2 is 0.950 bits per heavy atom. The maximum atomic E-state index is 12.8. The second-order valence-electron chi connectivity index (χ2n) is 8.99. The third-order valence-corrected chi connectivity index (χ3v) is 5.58. The van der Waals surface area contributed by atoms with E-state index in [9.17, 15) is 38.2 Å². The van der Waals surface area contributed by atoms with Gasteiger partial charge in [0, 0.05) is 12.8 Å². The standard InChI is InChI=1S/2C13H17FN2O4/c2*1-7(17)11(15)12(18)16-10(13(19)20)6-8-2-4-9(14)5-3-8/h2*2-5,7,10-11,17H,6,15H2,1H3,(H,16,18)(H,19,20)/t7-,10+,11+;7-,10-,11+/m11/s1. The van der Waals surface area contributed by atoms with Crippen LogP contribution in [0.15, 0.2) is 48.5 Å². The van der Waals surface area contributed by atoms with Crippen molar-refractivity contribution < 1.29 is 48.4 Å². The third-order valence-electron chi connectivity index (χ3n) is 5.58. The van der Waals surface area contributed by atoms with Gasteiger partial charge in [0.15, 0.2) is 0 Å². The highest BCUT2D eigenvalue weighted by Gasteiger charge is 2.27. The number of carbonyl (C=O) groups excluding carboxylic acids is 2. The predicted molar refractivity (Wildman–Crippen MR) is 139 cm³/mol. The fraction of sp³-hybridized carbons (Fsp3) is 0.385. The minimum atomic E-state index is -1.24. The number of benzene rings is 2. The van der Waals surface area contributed by atoms with Gasteiger partial charge in [0.25, 0.3) is 0 Å². The molecule has 0 aliphatic heterocycles. The van der Waals surface area contributed by atoms with Crippen LogP contribution in [0.1, 0.15) is 25.0 Å². The highest BCUT2D eigenvalue weighted by molar-refractivity contribution is 5.88. The van der Waals surface area contributed by atoms with Crippen molar-refractivity contribution >= 4 is 23.8 Å². The molecule has 0 aliphatic rings. The molecule has 0 radical (unpaired) electrons. The van der Waals surface area contributed by atoms with Crippen molar-refractivity contribution in [2.75, 3.05) is 0 Å². The van der Waals surface area contributed by atoms with Crippen molar-refractivity contribution in [1.29, 1.82) is 0 Å². The number of carboxylic acid groups (broad SMARTS) is 2.